The predicted octanol–water partition coefficient (Wildman–Crippen LogP) is 4.60. The Morgan fingerprint density at radius 2 is 1.61 bits per heavy atom. The number of amides is 2. The van der Waals surface area contributed by atoms with Crippen molar-refractivity contribution in [1.29, 1.82) is 0 Å². The second kappa shape index (κ2) is 13.4. The van der Waals surface area contributed by atoms with E-state index in [2.05, 4.69) is 21.2 Å². The number of ether oxygens (including phenoxy) is 1. The van der Waals surface area contributed by atoms with Crippen LogP contribution in [0.5, 0.6) is 5.75 Å². The fourth-order valence-corrected chi connectivity index (χ4v) is 5.44. The maximum atomic E-state index is 13.8. The van der Waals surface area contributed by atoms with Crippen LogP contribution < -0.4 is 14.4 Å². The highest BCUT2D eigenvalue weighted by molar-refractivity contribution is 9.10. The van der Waals surface area contributed by atoms with Crippen molar-refractivity contribution in [3.63, 3.8) is 0 Å². The van der Waals surface area contributed by atoms with Gasteiger partial charge in [0.15, 0.2) is 0 Å². The summed E-state index contributed by atoms with van der Waals surface area (Å²) < 4.78 is 34.6. The first-order valence-electron chi connectivity index (χ1n) is 12.2. The monoisotopic (exact) mass is 601 g/mol. The number of carbonyl (C=O) groups is 2. The molecule has 0 aliphatic rings. The van der Waals surface area contributed by atoms with Gasteiger partial charge >= 0.3 is 0 Å². The Morgan fingerprint density at radius 1 is 0.974 bits per heavy atom. The van der Waals surface area contributed by atoms with Crippen molar-refractivity contribution < 1.29 is 22.7 Å². The van der Waals surface area contributed by atoms with Gasteiger partial charge in [-0.3, -0.25) is 13.9 Å². The highest BCUT2D eigenvalue weighted by Gasteiger charge is 2.32. The van der Waals surface area contributed by atoms with Gasteiger partial charge in [-0.25, -0.2) is 8.42 Å². The summed E-state index contributed by atoms with van der Waals surface area (Å²) in [6.07, 6.45) is 0.751. The lowest BCUT2D eigenvalue weighted by Crippen LogP contribution is -2.51. The van der Waals surface area contributed by atoms with Crippen LogP contribution in [0.25, 0.3) is 0 Å². The third-order valence-corrected chi connectivity index (χ3v) is 8.27. The van der Waals surface area contributed by atoms with Gasteiger partial charge in [-0.05, 0) is 67.4 Å². The number of hydrogen-bond acceptors (Lipinski definition) is 5. The zero-order valence-corrected chi connectivity index (χ0v) is 24.0. The van der Waals surface area contributed by atoms with Crippen molar-refractivity contribution in [2.75, 3.05) is 24.5 Å². The minimum atomic E-state index is -4.12. The Labute approximate surface area is 232 Å². The highest BCUT2D eigenvalue weighted by atomic mass is 79.9. The maximum absolute atomic E-state index is 13.8. The highest BCUT2D eigenvalue weighted by Crippen LogP contribution is 2.26. The first-order valence-corrected chi connectivity index (χ1v) is 14.4. The molecule has 0 radical (unpaired) electrons. The van der Waals surface area contributed by atoms with E-state index in [0.717, 1.165) is 20.8 Å². The molecule has 8 nitrogen and oxygen atoms in total. The molecule has 0 spiro atoms. The molecule has 0 bridgehead atoms. The number of halogens is 1. The number of sulfonamides is 1. The normalized spacial score (nSPS) is 11.9. The quantitative estimate of drug-likeness (QED) is 0.327. The molecule has 2 amide bonds. The molecule has 0 aliphatic heterocycles. The predicted molar refractivity (Wildman–Crippen MR) is 151 cm³/mol. The summed E-state index contributed by atoms with van der Waals surface area (Å²) in [5, 5.41) is 2.83. The first-order chi connectivity index (χ1) is 18.2. The number of para-hydroxylation sites is 1. The summed E-state index contributed by atoms with van der Waals surface area (Å²) in [5.74, 6) is -0.298. The molecule has 0 heterocycles. The molecular weight excluding hydrogens is 570 g/mol. The van der Waals surface area contributed by atoms with E-state index in [9.17, 15) is 18.0 Å². The third-order valence-electron chi connectivity index (χ3n) is 5.95. The van der Waals surface area contributed by atoms with Gasteiger partial charge in [0.05, 0.1) is 17.7 Å². The summed E-state index contributed by atoms with van der Waals surface area (Å²) in [7, 11) is -2.63. The van der Waals surface area contributed by atoms with Crippen LogP contribution in [0.2, 0.25) is 0 Å². The van der Waals surface area contributed by atoms with E-state index in [1.54, 1.807) is 49.4 Å². The zero-order valence-electron chi connectivity index (χ0n) is 21.6. The second-order valence-electron chi connectivity index (χ2n) is 8.64. The van der Waals surface area contributed by atoms with Crippen molar-refractivity contribution in [2.24, 2.45) is 0 Å². The molecule has 0 aromatic heterocycles. The van der Waals surface area contributed by atoms with Gasteiger partial charge in [-0.15, -0.1) is 0 Å². The molecule has 1 unspecified atom stereocenters. The SMILES string of the molecule is CCCNC(=O)C(C)N(Cc1ccc(Br)cc1)C(=O)CN(c1ccccc1)S(=O)(=O)c1ccc(OC)cc1. The lowest BCUT2D eigenvalue weighted by molar-refractivity contribution is -0.139. The minimum absolute atomic E-state index is 0.0168. The molecule has 10 heteroatoms. The van der Waals surface area contributed by atoms with Crippen molar-refractivity contribution in [3.8, 4) is 5.75 Å². The first kappa shape index (κ1) is 29.2. The summed E-state index contributed by atoms with van der Waals surface area (Å²) in [5.41, 5.74) is 1.14. The number of methoxy groups -OCH3 is 1. The standard InChI is InChI=1S/C28H32BrN3O5S/c1-4-18-30-28(34)21(2)31(19-22-10-12-23(29)13-11-22)27(33)20-32(24-8-6-5-7-9-24)38(35,36)26-16-14-25(37-3)15-17-26/h5-17,21H,4,18-20H2,1-3H3,(H,30,34). The number of carbonyl (C=O) groups excluding carboxylic acids is 2. The van der Waals surface area contributed by atoms with Crippen molar-refractivity contribution in [2.45, 2.75) is 37.8 Å². The van der Waals surface area contributed by atoms with Crippen molar-refractivity contribution >= 4 is 43.5 Å². The Kier molecular flexibility index (Phi) is 10.3. The summed E-state index contributed by atoms with van der Waals surface area (Å²) in [4.78, 5) is 28.1. The topological polar surface area (TPSA) is 96.0 Å². The molecule has 1 atom stereocenters. The molecule has 202 valence electrons. The van der Waals surface area contributed by atoms with E-state index in [1.807, 2.05) is 31.2 Å². The van der Waals surface area contributed by atoms with Crippen LogP contribution in [0.1, 0.15) is 25.8 Å². The van der Waals surface area contributed by atoms with Gasteiger partial charge < -0.3 is 15.0 Å². The lowest BCUT2D eigenvalue weighted by Gasteiger charge is -2.32. The van der Waals surface area contributed by atoms with Crippen LogP contribution in [0, 0.1) is 0 Å². The third kappa shape index (κ3) is 7.35. The van der Waals surface area contributed by atoms with E-state index in [4.69, 9.17) is 4.74 Å². The smallest absolute Gasteiger partial charge is 0.264 e. The molecule has 3 aromatic carbocycles. The van der Waals surface area contributed by atoms with Crippen LogP contribution in [0.15, 0.2) is 88.2 Å². The molecule has 3 rings (SSSR count). The minimum Gasteiger partial charge on any atom is -0.497 e. The fraction of sp³-hybridized carbons (Fsp3) is 0.286. The van der Waals surface area contributed by atoms with Crippen LogP contribution in [-0.4, -0.2) is 51.4 Å². The Balaban J connectivity index is 1.98. The van der Waals surface area contributed by atoms with Crippen LogP contribution in [0.4, 0.5) is 5.69 Å². The summed E-state index contributed by atoms with van der Waals surface area (Å²) in [6, 6.07) is 21.0. The van der Waals surface area contributed by atoms with Gasteiger partial charge in [0, 0.05) is 17.6 Å². The number of nitrogens with zero attached hydrogens (tertiary/aromatic N) is 2. The number of anilines is 1. The molecule has 0 aliphatic carbocycles. The summed E-state index contributed by atoms with van der Waals surface area (Å²) in [6.45, 7) is 3.72. The number of hydrogen-bond donors (Lipinski definition) is 1. The largest absolute Gasteiger partial charge is 0.497 e. The molecule has 38 heavy (non-hydrogen) atoms. The van der Waals surface area contributed by atoms with Gasteiger partial charge in [-0.2, -0.15) is 0 Å². The van der Waals surface area contributed by atoms with Gasteiger partial charge in [0.2, 0.25) is 11.8 Å². The fourth-order valence-electron chi connectivity index (χ4n) is 3.76. The molecule has 0 saturated carbocycles. The van der Waals surface area contributed by atoms with E-state index in [-0.39, 0.29) is 17.3 Å². The van der Waals surface area contributed by atoms with Crippen molar-refractivity contribution in [3.05, 3.63) is 88.9 Å². The maximum Gasteiger partial charge on any atom is 0.264 e. The molecule has 0 fully saturated rings. The molecular formula is C28H32BrN3O5S. The van der Waals surface area contributed by atoms with E-state index in [1.165, 1.54) is 24.1 Å². The Hall–Kier alpha value is -3.37. The number of nitrogens with one attached hydrogen (secondary N) is 1. The number of rotatable bonds is 12. The molecule has 0 saturated heterocycles. The lowest BCUT2D eigenvalue weighted by atomic mass is 10.1. The zero-order chi connectivity index (χ0) is 27.7. The van der Waals surface area contributed by atoms with Crippen molar-refractivity contribution in [1.82, 2.24) is 10.2 Å². The van der Waals surface area contributed by atoms with Gasteiger partial charge in [-0.1, -0.05) is 53.2 Å². The summed E-state index contributed by atoms with van der Waals surface area (Å²) >= 11 is 3.41. The molecule has 1 N–H and O–H groups in total. The Morgan fingerprint density at radius 3 is 2.18 bits per heavy atom. The van der Waals surface area contributed by atoms with E-state index >= 15 is 0 Å². The van der Waals surface area contributed by atoms with Crippen LogP contribution in [0.3, 0.4) is 0 Å². The van der Waals surface area contributed by atoms with E-state index < -0.39 is 28.5 Å². The molecule has 3 aromatic rings. The second-order valence-corrected chi connectivity index (χ2v) is 11.4. The van der Waals surface area contributed by atoms with Gasteiger partial charge in [0.1, 0.15) is 18.3 Å². The van der Waals surface area contributed by atoms with Crippen LogP contribution >= 0.6 is 15.9 Å². The number of benzene rings is 3. The average Bonchev–Trinajstić information content (AvgIpc) is 2.94. The Bertz CT molecular complexity index is 1320. The van der Waals surface area contributed by atoms with Gasteiger partial charge in [0.25, 0.3) is 10.0 Å². The average molecular weight is 603 g/mol. The van der Waals surface area contributed by atoms with E-state index in [0.29, 0.717) is 18.0 Å². The van der Waals surface area contributed by atoms with Crippen LogP contribution in [-0.2, 0) is 26.2 Å².